The summed E-state index contributed by atoms with van der Waals surface area (Å²) in [7, 11) is 0. The van der Waals surface area contributed by atoms with E-state index in [1.807, 2.05) is 61.0 Å². The number of aromatic nitrogens is 2. The fraction of sp³-hybridized carbons (Fsp3) is 0.258. The lowest BCUT2D eigenvalue weighted by Gasteiger charge is -2.24. The predicted molar refractivity (Wildman–Crippen MR) is 153 cm³/mol. The van der Waals surface area contributed by atoms with Crippen molar-refractivity contribution in [2.75, 3.05) is 17.2 Å². The zero-order valence-electron chi connectivity index (χ0n) is 21.9. The van der Waals surface area contributed by atoms with Crippen LogP contribution < -0.4 is 10.2 Å². The van der Waals surface area contributed by atoms with Gasteiger partial charge in [-0.15, -0.1) is 11.8 Å². The van der Waals surface area contributed by atoms with Gasteiger partial charge in [-0.1, -0.05) is 60.2 Å². The van der Waals surface area contributed by atoms with Gasteiger partial charge < -0.3 is 5.32 Å². The fourth-order valence-corrected chi connectivity index (χ4v) is 6.28. The summed E-state index contributed by atoms with van der Waals surface area (Å²) in [5.74, 6) is 0.0885. The van der Waals surface area contributed by atoms with Crippen molar-refractivity contribution in [3.05, 3.63) is 101 Å². The lowest BCUT2D eigenvalue weighted by atomic mass is 9.99. The minimum Gasteiger partial charge on any atom is -0.352 e. The SMILES string of the molecule is Cc1ccc(-n2nc(-c3ccccc3)c3c2N(CC(=O)NC2CC2)C(=O)CSC3c2ccc(F)cc2)c(C)c1. The number of thioether (sulfide) groups is 1. The first-order valence-corrected chi connectivity index (χ1v) is 14.2. The molecule has 1 saturated carbocycles. The van der Waals surface area contributed by atoms with Crippen molar-refractivity contribution in [3.63, 3.8) is 0 Å². The second kappa shape index (κ2) is 10.3. The van der Waals surface area contributed by atoms with Crippen molar-refractivity contribution >= 4 is 29.4 Å². The summed E-state index contributed by atoms with van der Waals surface area (Å²) in [5, 5.41) is 7.86. The molecule has 6 nitrogen and oxygen atoms in total. The normalized spacial score (nSPS) is 17.1. The van der Waals surface area contributed by atoms with Crippen molar-refractivity contribution in [2.45, 2.75) is 38.0 Å². The molecule has 3 aromatic carbocycles. The number of aryl methyl sites for hydroxylation is 2. The Morgan fingerprint density at radius 2 is 1.79 bits per heavy atom. The zero-order chi connectivity index (χ0) is 27.1. The van der Waals surface area contributed by atoms with Crippen LogP contribution in [0.4, 0.5) is 10.2 Å². The van der Waals surface area contributed by atoms with Crippen LogP contribution in [0.15, 0.2) is 72.8 Å². The molecule has 39 heavy (non-hydrogen) atoms. The highest BCUT2D eigenvalue weighted by Gasteiger charge is 2.38. The lowest BCUT2D eigenvalue weighted by Crippen LogP contribution is -2.43. The van der Waals surface area contributed by atoms with Crippen molar-refractivity contribution in [1.29, 1.82) is 0 Å². The van der Waals surface area contributed by atoms with E-state index in [0.717, 1.165) is 52.0 Å². The number of nitrogens with one attached hydrogen (secondary N) is 1. The molecule has 1 N–H and O–H groups in total. The highest BCUT2D eigenvalue weighted by molar-refractivity contribution is 8.00. The third-order valence-electron chi connectivity index (χ3n) is 7.13. The van der Waals surface area contributed by atoms with Gasteiger partial charge in [0.25, 0.3) is 0 Å². The molecular formula is C31H29FN4O2S. The quantitative estimate of drug-likeness (QED) is 0.339. The summed E-state index contributed by atoms with van der Waals surface area (Å²) in [4.78, 5) is 28.4. The monoisotopic (exact) mass is 540 g/mol. The first-order valence-electron chi connectivity index (χ1n) is 13.1. The van der Waals surface area contributed by atoms with Gasteiger partial charge in [0.05, 0.1) is 22.4 Å². The predicted octanol–water partition coefficient (Wildman–Crippen LogP) is 5.74. The molecule has 2 heterocycles. The van der Waals surface area contributed by atoms with Crippen molar-refractivity contribution in [1.82, 2.24) is 15.1 Å². The summed E-state index contributed by atoms with van der Waals surface area (Å²) >= 11 is 1.48. The third kappa shape index (κ3) is 5.08. The van der Waals surface area contributed by atoms with Gasteiger partial charge in [0.2, 0.25) is 11.8 Å². The van der Waals surface area contributed by atoms with E-state index in [1.54, 1.807) is 17.0 Å². The maximum absolute atomic E-state index is 13.9. The highest BCUT2D eigenvalue weighted by Crippen LogP contribution is 2.48. The number of carbonyl (C=O) groups is 2. The number of hydrogen-bond acceptors (Lipinski definition) is 4. The molecule has 2 amide bonds. The lowest BCUT2D eigenvalue weighted by molar-refractivity contribution is -0.123. The molecule has 0 radical (unpaired) electrons. The molecule has 0 saturated heterocycles. The highest BCUT2D eigenvalue weighted by atomic mass is 32.2. The Balaban J connectivity index is 1.62. The Hall–Kier alpha value is -3.91. The van der Waals surface area contributed by atoms with Crippen molar-refractivity contribution < 1.29 is 14.0 Å². The van der Waals surface area contributed by atoms with E-state index in [2.05, 4.69) is 11.4 Å². The van der Waals surface area contributed by atoms with Crippen molar-refractivity contribution in [3.8, 4) is 16.9 Å². The number of halogens is 1. The van der Waals surface area contributed by atoms with Gasteiger partial charge in [0.1, 0.15) is 18.2 Å². The smallest absolute Gasteiger partial charge is 0.240 e. The van der Waals surface area contributed by atoms with Gasteiger partial charge in [-0.2, -0.15) is 5.10 Å². The van der Waals surface area contributed by atoms with Crippen LogP contribution in [0, 0.1) is 19.7 Å². The number of nitrogens with zero attached hydrogens (tertiary/aromatic N) is 3. The average Bonchev–Trinajstić information content (AvgIpc) is 3.68. The van der Waals surface area contributed by atoms with Crippen LogP contribution >= 0.6 is 11.8 Å². The number of amides is 2. The molecule has 1 aromatic heterocycles. The fourth-order valence-electron chi connectivity index (χ4n) is 5.08. The molecule has 1 unspecified atom stereocenters. The van der Waals surface area contributed by atoms with Gasteiger partial charge in [-0.25, -0.2) is 9.07 Å². The number of benzene rings is 3. The molecule has 198 valence electrons. The molecule has 4 aromatic rings. The Morgan fingerprint density at radius 1 is 1.05 bits per heavy atom. The molecule has 1 aliphatic heterocycles. The van der Waals surface area contributed by atoms with Crippen molar-refractivity contribution in [2.24, 2.45) is 0 Å². The maximum atomic E-state index is 13.9. The topological polar surface area (TPSA) is 67.2 Å². The molecule has 0 spiro atoms. The molecule has 0 bridgehead atoms. The number of carbonyl (C=O) groups excluding carboxylic acids is 2. The Labute approximate surface area is 231 Å². The first-order chi connectivity index (χ1) is 18.9. The van der Waals surface area contributed by atoms with Gasteiger partial charge in [0, 0.05) is 17.2 Å². The zero-order valence-corrected chi connectivity index (χ0v) is 22.7. The van der Waals surface area contributed by atoms with E-state index in [0.29, 0.717) is 5.82 Å². The molecule has 1 aliphatic carbocycles. The van der Waals surface area contributed by atoms with Crippen LogP contribution in [0.3, 0.4) is 0 Å². The van der Waals surface area contributed by atoms with Crippen LogP contribution in [0.25, 0.3) is 16.9 Å². The number of rotatable bonds is 6. The Morgan fingerprint density at radius 3 is 2.49 bits per heavy atom. The van der Waals surface area contributed by atoms with E-state index in [1.165, 1.54) is 23.9 Å². The van der Waals surface area contributed by atoms with Crippen LogP contribution in [0.1, 0.15) is 40.3 Å². The van der Waals surface area contributed by atoms with E-state index in [9.17, 15) is 14.0 Å². The molecule has 6 rings (SSSR count). The van der Waals surface area contributed by atoms with E-state index < -0.39 is 0 Å². The van der Waals surface area contributed by atoms with E-state index in [4.69, 9.17) is 5.10 Å². The Bertz CT molecular complexity index is 1550. The summed E-state index contributed by atoms with van der Waals surface area (Å²) in [5.41, 5.74) is 6.31. The Kier molecular flexibility index (Phi) is 6.73. The van der Waals surface area contributed by atoms with Gasteiger partial charge in [0.15, 0.2) is 0 Å². The second-order valence-electron chi connectivity index (χ2n) is 10.2. The first kappa shape index (κ1) is 25.4. The molecule has 1 fully saturated rings. The summed E-state index contributed by atoms with van der Waals surface area (Å²) in [6.07, 6.45) is 1.93. The molecule has 1 atom stereocenters. The van der Waals surface area contributed by atoms with Crippen LogP contribution in [-0.2, 0) is 9.59 Å². The van der Waals surface area contributed by atoms with E-state index >= 15 is 0 Å². The molecular weight excluding hydrogens is 511 g/mol. The van der Waals surface area contributed by atoms with Gasteiger partial charge in [-0.3, -0.25) is 14.5 Å². The molecule has 8 heteroatoms. The summed E-state index contributed by atoms with van der Waals surface area (Å²) in [6, 6.07) is 22.6. The second-order valence-corrected chi connectivity index (χ2v) is 11.3. The van der Waals surface area contributed by atoms with Crippen LogP contribution in [-0.4, -0.2) is 39.9 Å². The minimum atomic E-state index is -0.318. The maximum Gasteiger partial charge on any atom is 0.240 e. The molecule has 2 aliphatic rings. The van der Waals surface area contributed by atoms with Gasteiger partial charge in [-0.05, 0) is 56.0 Å². The number of fused-ring (bicyclic) bond motifs is 1. The number of anilines is 1. The van der Waals surface area contributed by atoms with Crippen LogP contribution in [0.5, 0.6) is 0 Å². The third-order valence-corrected chi connectivity index (χ3v) is 8.39. The van der Waals surface area contributed by atoms with Crippen LogP contribution in [0.2, 0.25) is 0 Å². The standard InChI is InChI=1S/C31H29FN4O2S/c1-19-8-15-25(20(2)16-19)36-31-28(29(34-36)21-6-4-3-5-7-21)30(22-9-11-23(32)12-10-22)39-18-27(38)35(31)17-26(37)33-24-13-14-24/h3-12,15-16,24,30H,13-14,17-18H2,1-2H3,(H,33,37). The summed E-state index contributed by atoms with van der Waals surface area (Å²) in [6.45, 7) is 3.96. The minimum absolute atomic E-state index is 0.0934. The average molecular weight is 541 g/mol. The largest absolute Gasteiger partial charge is 0.352 e. The van der Waals surface area contributed by atoms with Gasteiger partial charge >= 0.3 is 0 Å². The number of hydrogen-bond donors (Lipinski definition) is 1. The summed E-state index contributed by atoms with van der Waals surface area (Å²) < 4.78 is 15.7. The van der Waals surface area contributed by atoms with E-state index in [-0.39, 0.29) is 41.2 Å².